The summed E-state index contributed by atoms with van der Waals surface area (Å²) in [5.41, 5.74) is 5.14. The first-order valence-corrected chi connectivity index (χ1v) is 8.56. The van der Waals surface area contributed by atoms with E-state index in [9.17, 15) is 0 Å². The molecule has 3 heteroatoms. The molecular formula is C18H18BrClO. The Morgan fingerprint density at radius 2 is 2.14 bits per heavy atom. The Morgan fingerprint density at radius 3 is 2.90 bits per heavy atom. The first kappa shape index (κ1) is 14.9. The fraction of sp³-hybridized carbons (Fsp3) is 0.333. The molecule has 3 rings (SSSR count). The number of hydrogen-bond donors (Lipinski definition) is 0. The summed E-state index contributed by atoms with van der Waals surface area (Å²) in [5.74, 6) is 2.00. The quantitative estimate of drug-likeness (QED) is 0.672. The minimum Gasteiger partial charge on any atom is -0.493 e. The van der Waals surface area contributed by atoms with Crippen LogP contribution in [0.5, 0.6) is 5.75 Å². The largest absolute Gasteiger partial charge is 0.493 e. The summed E-state index contributed by atoms with van der Waals surface area (Å²) in [6.45, 7) is 2.91. The van der Waals surface area contributed by atoms with E-state index in [4.69, 9.17) is 16.3 Å². The van der Waals surface area contributed by atoms with Gasteiger partial charge in [-0.25, -0.2) is 0 Å². The predicted molar refractivity (Wildman–Crippen MR) is 91.7 cm³/mol. The highest BCUT2D eigenvalue weighted by Gasteiger charge is 2.20. The lowest BCUT2D eigenvalue weighted by molar-refractivity contribution is 0.353. The fourth-order valence-corrected chi connectivity index (χ4v) is 3.79. The van der Waals surface area contributed by atoms with Gasteiger partial charge in [0.2, 0.25) is 0 Å². The molecule has 21 heavy (non-hydrogen) atoms. The highest BCUT2D eigenvalue weighted by Crippen LogP contribution is 2.36. The number of rotatable bonds is 4. The van der Waals surface area contributed by atoms with Crippen LogP contribution in [0.1, 0.15) is 28.2 Å². The van der Waals surface area contributed by atoms with Crippen molar-refractivity contribution in [3.63, 3.8) is 0 Å². The van der Waals surface area contributed by atoms with Crippen molar-refractivity contribution in [2.75, 3.05) is 12.5 Å². The van der Waals surface area contributed by atoms with Gasteiger partial charge in [0.15, 0.2) is 0 Å². The maximum Gasteiger partial charge on any atom is 0.125 e. The lowest BCUT2D eigenvalue weighted by atomic mass is 9.91. The molecule has 0 saturated carbocycles. The molecule has 1 aliphatic heterocycles. The van der Waals surface area contributed by atoms with Gasteiger partial charge in [-0.1, -0.05) is 45.8 Å². The SMILES string of the molecule is Cc1cccc(C(CCl)Cc2cc(Br)cc3c2OCC3)c1. The summed E-state index contributed by atoms with van der Waals surface area (Å²) in [4.78, 5) is 0. The van der Waals surface area contributed by atoms with Crippen LogP contribution < -0.4 is 4.74 Å². The van der Waals surface area contributed by atoms with Gasteiger partial charge in [-0.2, -0.15) is 0 Å². The molecule has 1 aliphatic rings. The molecule has 1 atom stereocenters. The number of halogens is 2. The molecule has 1 unspecified atom stereocenters. The van der Waals surface area contributed by atoms with Crippen LogP contribution >= 0.6 is 27.5 Å². The highest BCUT2D eigenvalue weighted by molar-refractivity contribution is 9.10. The standard InChI is InChI=1S/C18H18BrClO/c1-12-3-2-4-13(7-12)16(11-20)8-15-10-17(19)9-14-5-6-21-18(14)15/h2-4,7,9-10,16H,5-6,8,11H2,1H3. The molecule has 2 aromatic carbocycles. The smallest absolute Gasteiger partial charge is 0.125 e. The van der Waals surface area contributed by atoms with E-state index in [0.29, 0.717) is 11.8 Å². The average molecular weight is 366 g/mol. The van der Waals surface area contributed by atoms with Gasteiger partial charge in [-0.15, -0.1) is 11.6 Å². The molecule has 110 valence electrons. The normalized spacial score (nSPS) is 14.6. The summed E-state index contributed by atoms with van der Waals surface area (Å²) in [7, 11) is 0. The maximum absolute atomic E-state index is 6.24. The Bertz CT molecular complexity index is 654. The summed E-state index contributed by atoms with van der Waals surface area (Å²) in [6, 6.07) is 12.9. The second kappa shape index (κ2) is 6.41. The van der Waals surface area contributed by atoms with Gasteiger partial charge in [-0.3, -0.25) is 0 Å². The fourth-order valence-electron chi connectivity index (χ4n) is 2.95. The molecule has 0 fully saturated rings. The number of benzene rings is 2. The topological polar surface area (TPSA) is 9.23 Å². The van der Waals surface area contributed by atoms with Gasteiger partial charge < -0.3 is 4.74 Å². The van der Waals surface area contributed by atoms with Crippen molar-refractivity contribution in [1.29, 1.82) is 0 Å². The monoisotopic (exact) mass is 364 g/mol. The zero-order valence-electron chi connectivity index (χ0n) is 12.0. The molecule has 0 bridgehead atoms. The van der Waals surface area contributed by atoms with Gasteiger partial charge in [0, 0.05) is 22.7 Å². The Balaban J connectivity index is 1.91. The summed E-state index contributed by atoms with van der Waals surface area (Å²) in [5, 5.41) is 0. The molecule has 0 radical (unpaired) electrons. The van der Waals surface area contributed by atoms with Crippen LogP contribution in [-0.4, -0.2) is 12.5 Å². The van der Waals surface area contributed by atoms with E-state index < -0.39 is 0 Å². The molecule has 2 aromatic rings. The lowest BCUT2D eigenvalue weighted by Gasteiger charge is -2.17. The van der Waals surface area contributed by atoms with Gasteiger partial charge >= 0.3 is 0 Å². The molecule has 0 N–H and O–H groups in total. The Morgan fingerprint density at radius 1 is 1.29 bits per heavy atom. The second-order valence-corrected chi connectivity index (χ2v) is 6.85. The third kappa shape index (κ3) is 3.27. The number of fused-ring (bicyclic) bond motifs is 1. The lowest BCUT2D eigenvalue weighted by Crippen LogP contribution is -2.06. The van der Waals surface area contributed by atoms with Crippen molar-refractivity contribution in [1.82, 2.24) is 0 Å². The van der Waals surface area contributed by atoms with Crippen molar-refractivity contribution in [2.24, 2.45) is 0 Å². The van der Waals surface area contributed by atoms with Crippen LogP contribution in [0, 0.1) is 6.92 Å². The van der Waals surface area contributed by atoms with E-state index in [1.54, 1.807) is 0 Å². The van der Waals surface area contributed by atoms with Crippen LogP contribution in [0.15, 0.2) is 40.9 Å². The van der Waals surface area contributed by atoms with Gasteiger partial charge in [0.05, 0.1) is 6.61 Å². The average Bonchev–Trinajstić information content (AvgIpc) is 2.92. The molecule has 0 spiro atoms. The van der Waals surface area contributed by atoms with E-state index in [1.807, 2.05) is 0 Å². The summed E-state index contributed by atoms with van der Waals surface area (Å²) in [6.07, 6.45) is 1.91. The predicted octanol–water partition coefficient (Wildman–Crippen LogP) is 5.26. The summed E-state index contributed by atoms with van der Waals surface area (Å²) < 4.78 is 6.95. The minimum absolute atomic E-state index is 0.314. The van der Waals surface area contributed by atoms with Crippen molar-refractivity contribution in [3.8, 4) is 5.75 Å². The number of aryl methyl sites for hydroxylation is 1. The molecule has 0 aliphatic carbocycles. The molecule has 0 aromatic heterocycles. The first-order chi connectivity index (χ1) is 10.2. The number of alkyl halides is 1. The van der Waals surface area contributed by atoms with Crippen molar-refractivity contribution in [3.05, 3.63) is 63.1 Å². The van der Waals surface area contributed by atoms with Crippen LogP contribution in [0.4, 0.5) is 0 Å². The third-order valence-electron chi connectivity index (χ3n) is 3.99. The molecular weight excluding hydrogens is 348 g/mol. The van der Waals surface area contributed by atoms with E-state index in [-0.39, 0.29) is 0 Å². The van der Waals surface area contributed by atoms with Crippen molar-refractivity contribution >= 4 is 27.5 Å². The highest BCUT2D eigenvalue weighted by atomic mass is 79.9. The van der Waals surface area contributed by atoms with E-state index >= 15 is 0 Å². The molecule has 0 saturated heterocycles. The van der Waals surface area contributed by atoms with Crippen LogP contribution in [0.2, 0.25) is 0 Å². The zero-order chi connectivity index (χ0) is 14.8. The maximum atomic E-state index is 6.24. The van der Waals surface area contributed by atoms with Crippen molar-refractivity contribution < 1.29 is 4.74 Å². The Kier molecular flexibility index (Phi) is 4.56. The third-order valence-corrected chi connectivity index (χ3v) is 4.82. The Labute approximate surface area is 139 Å². The van der Waals surface area contributed by atoms with Gasteiger partial charge in [0.25, 0.3) is 0 Å². The summed E-state index contributed by atoms with van der Waals surface area (Å²) >= 11 is 9.85. The Hall–Kier alpha value is -0.990. The van der Waals surface area contributed by atoms with Gasteiger partial charge in [0.1, 0.15) is 5.75 Å². The van der Waals surface area contributed by atoms with E-state index in [1.165, 1.54) is 22.3 Å². The van der Waals surface area contributed by atoms with Crippen molar-refractivity contribution in [2.45, 2.75) is 25.7 Å². The van der Waals surface area contributed by atoms with Crippen LogP contribution in [0.3, 0.4) is 0 Å². The van der Waals surface area contributed by atoms with E-state index in [0.717, 1.165) is 29.7 Å². The van der Waals surface area contributed by atoms with E-state index in [2.05, 4.69) is 59.3 Å². The number of hydrogen-bond acceptors (Lipinski definition) is 1. The molecule has 1 nitrogen and oxygen atoms in total. The number of ether oxygens (including phenoxy) is 1. The molecule has 0 amide bonds. The minimum atomic E-state index is 0.314. The second-order valence-electron chi connectivity index (χ2n) is 5.62. The van der Waals surface area contributed by atoms with Crippen LogP contribution in [-0.2, 0) is 12.8 Å². The molecule has 1 heterocycles. The van der Waals surface area contributed by atoms with Gasteiger partial charge in [-0.05, 0) is 42.2 Å². The van der Waals surface area contributed by atoms with Crippen LogP contribution in [0.25, 0.3) is 0 Å². The zero-order valence-corrected chi connectivity index (χ0v) is 14.4. The first-order valence-electron chi connectivity index (χ1n) is 7.24.